The van der Waals surface area contributed by atoms with Crippen molar-refractivity contribution in [1.82, 2.24) is 20.5 Å². The molecule has 5 nitrogen and oxygen atoms in total. The van der Waals surface area contributed by atoms with Crippen LogP contribution in [0.4, 0.5) is 4.79 Å². The van der Waals surface area contributed by atoms with Gasteiger partial charge in [-0.15, -0.1) is 0 Å². The van der Waals surface area contributed by atoms with Crippen LogP contribution in [0.2, 0.25) is 0 Å². The molecule has 86 valence electrons. The van der Waals surface area contributed by atoms with E-state index in [1.54, 1.807) is 6.20 Å². The van der Waals surface area contributed by atoms with Gasteiger partial charge in [0.15, 0.2) is 0 Å². The van der Waals surface area contributed by atoms with E-state index in [1.165, 1.54) is 0 Å². The van der Waals surface area contributed by atoms with E-state index in [2.05, 4.69) is 15.6 Å². The molecule has 1 aromatic rings. The molecule has 2 heterocycles. The Hall–Kier alpha value is -1.62. The van der Waals surface area contributed by atoms with E-state index in [4.69, 9.17) is 0 Å². The topological polar surface area (TPSA) is 57.3 Å². The molecule has 0 radical (unpaired) electrons. The maximum absolute atomic E-state index is 11.7. The molecule has 1 aromatic heterocycles. The second kappa shape index (κ2) is 5.46. The molecule has 0 saturated carbocycles. The van der Waals surface area contributed by atoms with Crippen molar-refractivity contribution in [2.75, 3.05) is 26.2 Å². The number of rotatable bonds is 2. The highest BCUT2D eigenvalue weighted by molar-refractivity contribution is 5.74. The van der Waals surface area contributed by atoms with Crippen molar-refractivity contribution in [1.29, 1.82) is 0 Å². The van der Waals surface area contributed by atoms with Gasteiger partial charge in [0.05, 0.1) is 12.2 Å². The number of nitrogens with one attached hydrogen (secondary N) is 2. The van der Waals surface area contributed by atoms with Gasteiger partial charge in [0.1, 0.15) is 0 Å². The fraction of sp³-hybridized carbons (Fsp3) is 0.455. The molecule has 0 aliphatic carbocycles. The Morgan fingerprint density at radius 2 is 2.25 bits per heavy atom. The first-order valence-corrected chi connectivity index (χ1v) is 5.49. The first-order valence-electron chi connectivity index (χ1n) is 5.49. The Kier molecular flexibility index (Phi) is 3.71. The molecule has 0 spiro atoms. The minimum absolute atomic E-state index is 0.00727. The molecule has 5 heteroatoms. The van der Waals surface area contributed by atoms with Gasteiger partial charge in [-0.1, -0.05) is 6.07 Å². The van der Waals surface area contributed by atoms with E-state index < -0.39 is 0 Å². The van der Waals surface area contributed by atoms with Crippen molar-refractivity contribution >= 4 is 6.03 Å². The highest BCUT2D eigenvalue weighted by Gasteiger charge is 2.15. The van der Waals surface area contributed by atoms with Crippen LogP contribution >= 0.6 is 0 Å². The fourth-order valence-electron chi connectivity index (χ4n) is 1.65. The summed E-state index contributed by atoms with van der Waals surface area (Å²) in [4.78, 5) is 17.7. The number of carbonyl (C=O) groups is 1. The van der Waals surface area contributed by atoms with Crippen molar-refractivity contribution < 1.29 is 4.79 Å². The van der Waals surface area contributed by atoms with E-state index >= 15 is 0 Å². The number of nitrogens with zero attached hydrogens (tertiary/aromatic N) is 2. The lowest BCUT2D eigenvalue weighted by Crippen LogP contribution is -2.50. The monoisotopic (exact) mass is 220 g/mol. The lowest BCUT2D eigenvalue weighted by atomic mass is 10.3. The van der Waals surface area contributed by atoms with Gasteiger partial charge < -0.3 is 15.5 Å². The number of pyridine rings is 1. The lowest BCUT2D eigenvalue weighted by Gasteiger charge is -2.27. The van der Waals surface area contributed by atoms with Crippen LogP contribution in [0, 0.1) is 0 Å². The SMILES string of the molecule is O=C(NCc1ccccn1)N1CCNCC1. The van der Waals surface area contributed by atoms with Gasteiger partial charge in [0, 0.05) is 32.4 Å². The summed E-state index contributed by atoms with van der Waals surface area (Å²) in [5.41, 5.74) is 0.881. The van der Waals surface area contributed by atoms with Crippen LogP contribution in [0.1, 0.15) is 5.69 Å². The maximum Gasteiger partial charge on any atom is 0.317 e. The third-order valence-electron chi connectivity index (χ3n) is 2.55. The molecular weight excluding hydrogens is 204 g/mol. The number of hydrogen-bond acceptors (Lipinski definition) is 3. The quantitative estimate of drug-likeness (QED) is 0.748. The zero-order valence-electron chi connectivity index (χ0n) is 9.15. The van der Waals surface area contributed by atoms with Crippen LogP contribution in [0.15, 0.2) is 24.4 Å². The van der Waals surface area contributed by atoms with E-state index in [0.717, 1.165) is 31.9 Å². The summed E-state index contributed by atoms with van der Waals surface area (Å²) >= 11 is 0. The Bertz CT molecular complexity index is 335. The van der Waals surface area contributed by atoms with Crippen LogP contribution in [-0.4, -0.2) is 42.1 Å². The predicted molar refractivity (Wildman–Crippen MR) is 60.9 cm³/mol. The van der Waals surface area contributed by atoms with Crippen molar-refractivity contribution in [3.8, 4) is 0 Å². The molecule has 2 amide bonds. The molecular formula is C11H16N4O. The molecule has 1 aliphatic heterocycles. The zero-order valence-corrected chi connectivity index (χ0v) is 9.15. The molecule has 0 aromatic carbocycles. The summed E-state index contributed by atoms with van der Waals surface area (Å²) in [6, 6.07) is 5.67. The van der Waals surface area contributed by atoms with Gasteiger partial charge in [-0.25, -0.2) is 4.79 Å². The standard InChI is InChI=1S/C11H16N4O/c16-11(15-7-5-12-6-8-15)14-9-10-3-1-2-4-13-10/h1-4,12H,5-9H2,(H,14,16). The molecule has 16 heavy (non-hydrogen) atoms. The van der Waals surface area contributed by atoms with Crippen LogP contribution in [0.5, 0.6) is 0 Å². The van der Waals surface area contributed by atoms with Crippen molar-refractivity contribution in [2.24, 2.45) is 0 Å². The Morgan fingerprint density at radius 1 is 1.44 bits per heavy atom. The molecule has 0 unspecified atom stereocenters. The average molecular weight is 220 g/mol. The Balaban J connectivity index is 1.79. The molecule has 2 rings (SSSR count). The first kappa shape index (κ1) is 10.9. The number of piperazine rings is 1. The van der Waals surface area contributed by atoms with E-state index in [1.807, 2.05) is 23.1 Å². The second-order valence-corrected chi connectivity index (χ2v) is 3.72. The summed E-state index contributed by atoms with van der Waals surface area (Å²) < 4.78 is 0. The molecule has 1 fully saturated rings. The van der Waals surface area contributed by atoms with Crippen molar-refractivity contribution in [3.63, 3.8) is 0 Å². The van der Waals surface area contributed by atoms with Gasteiger partial charge >= 0.3 is 6.03 Å². The number of amides is 2. The van der Waals surface area contributed by atoms with Gasteiger partial charge in [0.2, 0.25) is 0 Å². The fourth-order valence-corrected chi connectivity index (χ4v) is 1.65. The third kappa shape index (κ3) is 2.93. The minimum atomic E-state index is -0.00727. The van der Waals surface area contributed by atoms with Crippen LogP contribution in [-0.2, 0) is 6.54 Å². The third-order valence-corrected chi connectivity index (χ3v) is 2.55. The maximum atomic E-state index is 11.7. The summed E-state index contributed by atoms with van der Waals surface area (Å²) in [6.07, 6.45) is 1.73. The van der Waals surface area contributed by atoms with Crippen molar-refractivity contribution in [3.05, 3.63) is 30.1 Å². The Labute approximate surface area is 94.9 Å². The summed E-state index contributed by atoms with van der Waals surface area (Å²) in [7, 11) is 0. The molecule has 2 N–H and O–H groups in total. The van der Waals surface area contributed by atoms with Crippen LogP contribution < -0.4 is 10.6 Å². The predicted octanol–water partition coefficient (Wildman–Crippen LogP) is 0.196. The summed E-state index contributed by atoms with van der Waals surface area (Å²) in [5.74, 6) is 0. The van der Waals surface area contributed by atoms with Gasteiger partial charge in [-0.05, 0) is 12.1 Å². The molecule has 0 bridgehead atoms. The lowest BCUT2D eigenvalue weighted by molar-refractivity contribution is 0.189. The Morgan fingerprint density at radius 3 is 2.94 bits per heavy atom. The number of aromatic nitrogens is 1. The van der Waals surface area contributed by atoms with Crippen molar-refractivity contribution in [2.45, 2.75) is 6.54 Å². The number of carbonyl (C=O) groups excluding carboxylic acids is 1. The van der Waals surface area contributed by atoms with E-state index in [-0.39, 0.29) is 6.03 Å². The summed E-state index contributed by atoms with van der Waals surface area (Å²) in [5, 5.41) is 6.07. The smallest absolute Gasteiger partial charge is 0.317 e. The van der Waals surface area contributed by atoms with Crippen LogP contribution in [0.25, 0.3) is 0 Å². The zero-order chi connectivity index (χ0) is 11.2. The van der Waals surface area contributed by atoms with Gasteiger partial charge in [-0.2, -0.15) is 0 Å². The number of urea groups is 1. The second-order valence-electron chi connectivity index (χ2n) is 3.72. The van der Waals surface area contributed by atoms with Crippen LogP contribution in [0.3, 0.4) is 0 Å². The van der Waals surface area contributed by atoms with Gasteiger partial charge in [0.25, 0.3) is 0 Å². The normalized spacial score (nSPS) is 15.9. The first-order chi connectivity index (χ1) is 7.86. The van der Waals surface area contributed by atoms with E-state index in [9.17, 15) is 4.79 Å². The molecule has 0 atom stereocenters. The minimum Gasteiger partial charge on any atom is -0.332 e. The van der Waals surface area contributed by atoms with E-state index in [0.29, 0.717) is 6.54 Å². The molecule has 1 saturated heterocycles. The average Bonchev–Trinajstić information content (AvgIpc) is 2.38. The van der Waals surface area contributed by atoms with Gasteiger partial charge in [-0.3, -0.25) is 4.98 Å². The summed E-state index contributed by atoms with van der Waals surface area (Å²) in [6.45, 7) is 3.78. The highest BCUT2D eigenvalue weighted by atomic mass is 16.2. The number of hydrogen-bond donors (Lipinski definition) is 2. The molecule has 1 aliphatic rings. The highest BCUT2D eigenvalue weighted by Crippen LogP contribution is 1.96. The largest absolute Gasteiger partial charge is 0.332 e.